The summed E-state index contributed by atoms with van der Waals surface area (Å²) in [5.41, 5.74) is 0.229. The van der Waals surface area contributed by atoms with Crippen LogP contribution in [0.3, 0.4) is 0 Å². The van der Waals surface area contributed by atoms with E-state index in [0.717, 1.165) is 0 Å². The Kier molecular flexibility index (Phi) is 3.62. The third kappa shape index (κ3) is 2.57. The molecular formula is C9H13N3O4. The van der Waals surface area contributed by atoms with Crippen LogP contribution in [-0.2, 0) is 11.8 Å². The van der Waals surface area contributed by atoms with Crippen LogP contribution in [0.4, 0.5) is 0 Å². The number of carboxylic acids is 1. The van der Waals surface area contributed by atoms with E-state index in [-0.39, 0.29) is 5.69 Å². The van der Waals surface area contributed by atoms with Gasteiger partial charge in [-0.1, -0.05) is 0 Å². The minimum Gasteiger partial charge on any atom is -0.480 e. The van der Waals surface area contributed by atoms with Gasteiger partial charge >= 0.3 is 5.97 Å². The van der Waals surface area contributed by atoms with E-state index in [1.165, 1.54) is 23.9 Å². The van der Waals surface area contributed by atoms with Gasteiger partial charge in [-0.3, -0.25) is 9.48 Å². The lowest BCUT2D eigenvalue weighted by Gasteiger charge is -2.16. The molecule has 1 aromatic rings. The Morgan fingerprint density at radius 2 is 2.19 bits per heavy atom. The number of carbonyl (C=O) groups is 2. The topological polar surface area (TPSA) is 104 Å². The summed E-state index contributed by atoms with van der Waals surface area (Å²) < 4.78 is 1.32. The first-order valence-electron chi connectivity index (χ1n) is 4.63. The highest BCUT2D eigenvalue weighted by Gasteiger charge is 2.26. The molecule has 0 saturated heterocycles. The van der Waals surface area contributed by atoms with E-state index in [1.54, 1.807) is 7.05 Å². The molecule has 7 heteroatoms. The minimum absolute atomic E-state index is 0.229. The number of nitrogens with zero attached hydrogens (tertiary/aromatic N) is 2. The average Bonchev–Trinajstić information content (AvgIpc) is 2.59. The van der Waals surface area contributed by atoms with Crippen LogP contribution in [0.5, 0.6) is 0 Å². The lowest BCUT2D eigenvalue weighted by molar-refractivity contribution is -0.141. The third-order valence-corrected chi connectivity index (χ3v) is 2.09. The Hall–Kier alpha value is -1.89. The summed E-state index contributed by atoms with van der Waals surface area (Å²) in [5.74, 6) is -1.88. The Labute approximate surface area is 91.7 Å². The third-order valence-electron chi connectivity index (χ3n) is 2.09. The molecule has 0 aliphatic heterocycles. The van der Waals surface area contributed by atoms with Gasteiger partial charge in [0.25, 0.3) is 5.91 Å². The van der Waals surface area contributed by atoms with Gasteiger partial charge in [-0.15, -0.1) is 0 Å². The molecule has 0 spiro atoms. The van der Waals surface area contributed by atoms with Crippen molar-refractivity contribution >= 4 is 11.9 Å². The lowest BCUT2D eigenvalue weighted by atomic mass is 10.2. The van der Waals surface area contributed by atoms with Crippen molar-refractivity contribution < 1.29 is 19.8 Å². The number of hydrogen-bond donors (Lipinski definition) is 3. The quantitative estimate of drug-likeness (QED) is 0.611. The molecule has 0 radical (unpaired) electrons. The van der Waals surface area contributed by atoms with E-state index in [0.29, 0.717) is 0 Å². The zero-order chi connectivity index (χ0) is 12.3. The molecule has 88 valence electrons. The Morgan fingerprint density at radius 3 is 2.56 bits per heavy atom. The predicted molar refractivity (Wildman–Crippen MR) is 53.8 cm³/mol. The van der Waals surface area contributed by atoms with Gasteiger partial charge in [-0.05, 0) is 13.0 Å². The average molecular weight is 227 g/mol. The maximum atomic E-state index is 11.6. The van der Waals surface area contributed by atoms with Crippen molar-refractivity contribution in [2.75, 3.05) is 0 Å². The molecule has 0 aliphatic carbocycles. The molecule has 3 N–H and O–H groups in total. The van der Waals surface area contributed by atoms with E-state index < -0.39 is 24.0 Å². The number of rotatable bonds is 4. The molecule has 0 aromatic carbocycles. The SMILES string of the molecule is CC(O)C(NC(=O)c1ccnn1C)C(=O)O. The highest BCUT2D eigenvalue weighted by Crippen LogP contribution is 1.99. The summed E-state index contributed by atoms with van der Waals surface area (Å²) in [6, 6.07) is 0.124. The fourth-order valence-corrected chi connectivity index (χ4v) is 1.20. The number of aryl methyl sites for hydroxylation is 1. The number of nitrogens with one attached hydrogen (secondary N) is 1. The van der Waals surface area contributed by atoms with Crippen LogP contribution in [0.2, 0.25) is 0 Å². The Morgan fingerprint density at radius 1 is 1.56 bits per heavy atom. The normalized spacial score (nSPS) is 14.2. The largest absolute Gasteiger partial charge is 0.480 e. The van der Waals surface area contributed by atoms with Gasteiger partial charge in [0.1, 0.15) is 5.69 Å². The number of aliphatic hydroxyl groups is 1. The molecule has 0 bridgehead atoms. The molecule has 1 heterocycles. The number of amides is 1. The number of aliphatic hydroxyl groups excluding tert-OH is 1. The van der Waals surface area contributed by atoms with Gasteiger partial charge in [0.05, 0.1) is 6.10 Å². The first kappa shape index (κ1) is 12.2. The van der Waals surface area contributed by atoms with E-state index in [9.17, 15) is 14.7 Å². The van der Waals surface area contributed by atoms with Gasteiger partial charge in [-0.25, -0.2) is 4.79 Å². The fourth-order valence-electron chi connectivity index (χ4n) is 1.20. The zero-order valence-corrected chi connectivity index (χ0v) is 8.91. The van der Waals surface area contributed by atoms with Gasteiger partial charge in [0.15, 0.2) is 6.04 Å². The maximum absolute atomic E-state index is 11.6. The second-order valence-electron chi connectivity index (χ2n) is 3.37. The maximum Gasteiger partial charge on any atom is 0.328 e. The zero-order valence-electron chi connectivity index (χ0n) is 8.91. The van der Waals surface area contributed by atoms with Crippen LogP contribution in [-0.4, -0.2) is 44.0 Å². The van der Waals surface area contributed by atoms with Gasteiger partial charge in [0.2, 0.25) is 0 Å². The van der Waals surface area contributed by atoms with Crippen LogP contribution in [0.1, 0.15) is 17.4 Å². The molecule has 1 amide bonds. The van der Waals surface area contributed by atoms with Crippen molar-refractivity contribution in [2.45, 2.75) is 19.1 Å². The lowest BCUT2D eigenvalue weighted by Crippen LogP contribution is -2.48. The first-order valence-corrected chi connectivity index (χ1v) is 4.63. The first-order chi connectivity index (χ1) is 7.43. The minimum atomic E-state index is -1.33. The van der Waals surface area contributed by atoms with Crippen LogP contribution in [0, 0.1) is 0 Å². The van der Waals surface area contributed by atoms with Crippen LogP contribution < -0.4 is 5.32 Å². The highest BCUT2D eigenvalue weighted by atomic mass is 16.4. The number of aliphatic carboxylic acids is 1. The molecule has 1 rings (SSSR count). The number of carboxylic acid groups (broad SMARTS) is 1. The summed E-state index contributed by atoms with van der Waals surface area (Å²) in [4.78, 5) is 22.3. The molecule has 0 fully saturated rings. The molecule has 16 heavy (non-hydrogen) atoms. The van der Waals surface area contributed by atoms with Crippen molar-refractivity contribution in [1.82, 2.24) is 15.1 Å². The van der Waals surface area contributed by atoms with Gasteiger partial charge in [-0.2, -0.15) is 5.10 Å². The van der Waals surface area contributed by atoms with Crippen molar-refractivity contribution in [3.05, 3.63) is 18.0 Å². The molecule has 1 aromatic heterocycles. The van der Waals surface area contributed by atoms with E-state index in [4.69, 9.17) is 5.11 Å². The van der Waals surface area contributed by atoms with Crippen LogP contribution in [0.25, 0.3) is 0 Å². The standard InChI is InChI=1S/C9H13N3O4/c1-5(13)7(9(15)16)11-8(14)6-3-4-10-12(6)2/h3-5,7,13H,1-2H3,(H,11,14)(H,15,16). The summed E-state index contributed by atoms with van der Waals surface area (Å²) >= 11 is 0. The summed E-state index contributed by atoms with van der Waals surface area (Å²) in [7, 11) is 1.56. The van der Waals surface area contributed by atoms with E-state index >= 15 is 0 Å². The van der Waals surface area contributed by atoms with Crippen molar-refractivity contribution in [2.24, 2.45) is 7.05 Å². The molecule has 2 atom stereocenters. The summed E-state index contributed by atoms with van der Waals surface area (Å²) in [6.45, 7) is 1.29. The monoisotopic (exact) mass is 227 g/mol. The predicted octanol–water partition coefficient (Wildman–Crippen LogP) is -1.02. The smallest absolute Gasteiger partial charge is 0.328 e. The second-order valence-corrected chi connectivity index (χ2v) is 3.37. The summed E-state index contributed by atoms with van der Waals surface area (Å²) in [5, 5.41) is 23.9. The number of carbonyl (C=O) groups excluding carboxylic acids is 1. The highest BCUT2D eigenvalue weighted by molar-refractivity contribution is 5.95. The van der Waals surface area contributed by atoms with Crippen LogP contribution >= 0.6 is 0 Å². The summed E-state index contributed by atoms with van der Waals surface area (Å²) in [6.07, 6.45) is 0.252. The molecular weight excluding hydrogens is 214 g/mol. The Bertz CT molecular complexity index is 399. The number of aromatic nitrogens is 2. The molecule has 2 unspecified atom stereocenters. The Balaban J connectivity index is 2.77. The van der Waals surface area contributed by atoms with E-state index in [1.807, 2.05) is 0 Å². The van der Waals surface area contributed by atoms with Crippen LogP contribution in [0.15, 0.2) is 12.3 Å². The molecule has 0 saturated carbocycles. The van der Waals surface area contributed by atoms with Gasteiger partial charge in [0, 0.05) is 13.2 Å². The van der Waals surface area contributed by atoms with Gasteiger partial charge < -0.3 is 15.5 Å². The second kappa shape index (κ2) is 4.75. The van der Waals surface area contributed by atoms with E-state index in [2.05, 4.69) is 10.4 Å². The fraction of sp³-hybridized carbons (Fsp3) is 0.444. The molecule has 7 nitrogen and oxygen atoms in total. The molecule has 0 aliphatic rings. The van der Waals surface area contributed by atoms with Crippen molar-refractivity contribution in [3.8, 4) is 0 Å². The number of hydrogen-bond acceptors (Lipinski definition) is 4. The van der Waals surface area contributed by atoms with Crippen molar-refractivity contribution in [1.29, 1.82) is 0 Å². The van der Waals surface area contributed by atoms with Crippen molar-refractivity contribution in [3.63, 3.8) is 0 Å².